The van der Waals surface area contributed by atoms with Gasteiger partial charge in [-0.1, -0.05) is 24.3 Å². The Kier molecular flexibility index (Phi) is 3.65. The van der Waals surface area contributed by atoms with Crippen LogP contribution in [0.15, 0.2) is 58.6 Å². The van der Waals surface area contributed by atoms with E-state index in [0.717, 1.165) is 16.7 Å². The number of hydrogen-bond donors (Lipinski definition) is 1. The maximum Gasteiger partial charge on any atom is 0.333 e. The smallest absolute Gasteiger partial charge is 0.305 e. The first-order valence-corrected chi connectivity index (χ1v) is 5.87. The summed E-state index contributed by atoms with van der Waals surface area (Å²) in [7, 11) is 0. The quantitative estimate of drug-likeness (QED) is 0.872. The maximum absolute atomic E-state index is 13.7. The Balaban J connectivity index is 2.59. The molecule has 0 aliphatic rings. The molecule has 20 heavy (non-hydrogen) atoms. The summed E-state index contributed by atoms with van der Waals surface area (Å²) in [6.45, 7) is 3.23. The van der Waals surface area contributed by atoms with E-state index in [1.807, 2.05) is 4.98 Å². The molecule has 1 aromatic heterocycles. The number of allylic oxidation sites excluding steroid dienone is 1. The van der Waals surface area contributed by atoms with Crippen LogP contribution in [0.1, 0.15) is 12.1 Å². The zero-order valence-electron chi connectivity index (χ0n) is 10.5. The molecule has 4 nitrogen and oxygen atoms in total. The number of aromatic nitrogens is 2. The fourth-order valence-corrected chi connectivity index (χ4v) is 1.81. The van der Waals surface area contributed by atoms with Gasteiger partial charge >= 0.3 is 5.69 Å². The molecule has 0 aliphatic heterocycles. The number of nitrogens with one attached hydrogen (secondary N) is 1. The largest absolute Gasteiger partial charge is 0.333 e. The summed E-state index contributed by atoms with van der Waals surface area (Å²) in [5, 5.41) is 0. The van der Waals surface area contributed by atoms with Crippen molar-refractivity contribution in [2.75, 3.05) is 0 Å². The lowest BCUT2D eigenvalue weighted by atomic mass is 10.1. The van der Waals surface area contributed by atoms with Gasteiger partial charge in [0.25, 0.3) is 11.5 Å². The van der Waals surface area contributed by atoms with Gasteiger partial charge in [0.05, 0.1) is 11.4 Å². The molecule has 0 fully saturated rings. The minimum absolute atomic E-state index is 0.317. The van der Waals surface area contributed by atoms with Crippen molar-refractivity contribution in [3.63, 3.8) is 0 Å². The minimum atomic E-state index is -3.32. The van der Waals surface area contributed by atoms with Gasteiger partial charge in [-0.15, -0.1) is 6.58 Å². The Morgan fingerprint density at radius 3 is 2.45 bits per heavy atom. The van der Waals surface area contributed by atoms with E-state index in [4.69, 9.17) is 0 Å². The van der Waals surface area contributed by atoms with Crippen molar-refractivity contribution in [1.29, 1.82) is 0 Å². The molecule has 1 aromatic carbocycles. The van der Waals surface area contributed by atoms with Gasteiger partial charge in [0.1, 0.15) is 0 Å². The molecule has 0 saturated heterocycles. The first-order valence-electron chi connectivity index (χ1n) is 5.87. The van der Waals surface area contributed by atoms with E-state index in [9.17, 15) is 18.4 Å². The summed E-state index contributed by atoms with van der Waals surface area (Å²) >= 11 is 0. The molecule has 0 spiro atoms. The predicted molar refractivity (Wildman–Crippen MR) is 71.4 cm³/mol. The molecule has 2 aromatic rings. The van der Waals surface area contributed by atoms with Gasteiger partial charge in [-0.05, 0) is 12.1 Å². The SMILES string of the molecule is C=CCC(F)(F)c1cc(=O)n(-c2ccccc2)c(=O)[nH]1. The van der Waals surface area contributed by atoms with E-state index < -0.39 is 29.3 Å². The highest BCUT2D eigenvalue weighted by atomic mass is 19.3. The number of benzene rings is 1. The molecular weight excluding hydrogens is 266 g/mol. The third-order valence-electron chi connectivity index (χ3n) is 2.74. The molecule has 0 atom stereocenters. The van der Waals surface area contributed by atoms with Crippen molar-refractivity contribution >= 4 is 0 Å². The number of hydrogen-bond acceptors (Lipinski definition) is 2. The van der Waals surface area contributed by atoms with E-state index in [-0.39, 0.29) is 0 Å². The number of alkyl halides is 2. The summed E-state index contributed by atoms with van der Waals surface area (Å²) < 4.78 is 28.1. The normalized spacial score (nSPS) is 11.3. The van der Waals surface area contributed by atoms with Crippen molar-refractivity contribution in [2.45, 2.75) is 12.3 Å². The van der Waals surface area contributed by atoms with Crippen molar-refractivity contribution in [2.24, 2.45) is 0 Å². The average molecular weight is 278 g/mol. The van der Waals surface area contributed by atoms with Gasteiger partial charge < -0.3 is 4.98 Å². The molecule has 0 radical (unpaired) electrons. The number of aromatic amines is 1. The Hall–Kier alpha value is -2.50. The first kappa shape index (κ1) is 13.9. The van der Waals surface area contributed by atoms with Gasteiger partial charge in [0.15, 0.2) is 0 Å². The van der Waals surface area contributed by atoms with Crippen molar-refractivity contribution in [1.82, 2.24) is 9.55 Å². The summed E-state index contributed by atoms with van der Waals surface area (Å²) in [4.78, 5) is 25.8. The summed E-state index contributed by atoms with van der Waals surface area (Å²) in [5.74, 6) is -3.32. The third kappa shape index (κ3) is 2.59. The van der Waals surface area contributed by atoms with Gasteiger partial charge in [-0.3, -0.25) is 4.79 Å². The zero-order chi connectivity index (χ0) is 14.8. The number of H-pyrrole nitrogens is 1. The molecule has 6 heteroatoms. The molecule has 0 unspecified atom stereocenters. The van der Waals surface area contributed by atoms with E-state index in [1.54, 1.807) is 18.2 Å². The van der Waals surface area contributed by atoms with Gasteiger partial charge in [0, 0.05) is 12.5 Å². The lowest BCUT2D eigenvalue weighted by Crippen LogP contribution is -2.36. The second-order valence-corrected chi connectivity index (χ2v) is 4.19. The van der Waals surface area contributed by atoms with Crippen LogP contribution in [-0.2, 0) is 5.92 Å². The topological polar surface area (TPSA) is 54.9 Å². The Labute approximate surface area is 113 Å². The fourth-order valence-electron chi connectivity index (χ4n) is 1.81. The molecule has 104 valence electrons. The van der Waals surface area contributed by atoms with Crippen LogP contribution >= 0.6 is 0 Å². The van der Waals surface area contributed by atoms with Gasteiger partial charge in [-0.25, -0.2) is 9.36 Å². The van der Waals surface area contributed by atoms with Crippen LogP contribution < -0.4 is 11.2 Å². The van der Waals surface area contributed by atoms with Crippen LogP contribution in [0, 0.1) is 0 Å². The molecule has 0 aliphatic carbocycles. The van der Waals surface area contributed by atoms with Crippen molar-refractivity contribution in [3.8, 4) is 5.69 Å². The van der Waals surface area contributed by atoms with Crippen LogP contribution in [0.4, 0.5) is 8.78 Å². The van der Waals surface area contributed by atoms with Gasteiger partial charge in [0.2, 0.25) is 0 Å². The van der Waals surface area contributed by atoms with E-state index >= 15 is 0 Å². The highest BCUT2D eigenvalue weighted by Gasteiger charge is 2.32. The maximum atomic E-state index is 13.7. The van der Waals surface area contributed by atoms with Crippen LogP contribution in [0.5, 0.6) is 0 Å². The highest BCUT2D eigenvalue weighted by Crippen LogP contribution is 2.28. The highest BCUT2D eigenvalue weighted by molar-refractivity contribution is 5.31. The van der Waals surface area contributed by atoms with Crippen LogP contribution in [0.3, 0.4) is 0 Å². The first-order chi connectivity index (χ1) is 9.45. The monoisotopic (exact) mass is 278 g/mol. The number of nitrogens with zero attached hydrogens (tertiary/aromatic N) is 1. The summed E-state index contributed by atoms with van der Waals surface area (Å²) in [5.41, 5.74) is -2.10. The molecule has 0 saturated carbocycles. The Morgan fingerprint density at radius 1 is 1.25 bits per heavy atom. The average Bonchev–Trinajstić information content (AvgIpc) is 2.39. The van der Waals surface area contributed by atoms with Crippen LogP contribution in [0.25, 0.3) is 5.69 Å². The molecule has 1 heterocycles. The molecule has 0 amide bonds. The zero-order valence-corrected chi connectivity index (χ0v) is 10.5. The van der Waals surface area contributed by atoms with Crippen molar-refractivity contribution in [3.05, 3.63) is 75.6 Å². The minimum Gasteiger partial charge on any atom is -0.305 e. The molecule has 1 N–H and O–H groups in total. The van der Waals surface area contributed by atoms with Crippen LogP contribution in [-0.4, -0.2) is 9.55 Å². The number of halogens is 2. The van der Waals surface area contributed by atoms with E-state index in [1.165, 1.54) is 12.1 Å². The number of rotatable bonds is 4. The van der Waals surface area contributed by atoms with Crippen LogP contribution in [0.2, 0.25) is 0 Å². The lowest BCUT2D eigenvalue weighted by Gasteiger charge is -2.14. The Bertz CT molecular complexity index is 702. The second-order valence-electron chi connectivity index (χ2n) is 4.19. The molecule has 0 bridgehead atoms. The van der Waals surface area contributed by atoms with E-state index in [2.05, 4.69) is 6.58 Å². The second kappa shape index (κ2) is 5.24. The predicted octanol–water partition coefficient (Wildman–Crippen LogP) is 2.19. The van der Waals surface area contributed by atoms with E-state index in [0.29, 0.717) is 5.69 Å². The molecule has 2 rings (SSSR count). The van der Waals surface area contributed by atoms with Crippen molar-refractivity contribution < 1.29 is 8.78 Å². The fraction of sp³-hybridized carbons (Fsp3) is 0.143. The number of para-hydroxylation sites is 1. The molecular formula is C14H12F2N2O2. The summed E-state index contributed by atoms with van der Waals surface area (Å²) in [6.07, 6.45) is 0.374. The van der Waals surface area contributed by atoms with Gasteiger partial charge in [-0.2, -0.15) is 8.78 Å². The summed E-state index contributed by atoms with van der Waals surface area (Å²) in [6, 6.07) is 8.81. The lowest BCUT2D eigenvalue weighted by molar-refractivity contribution is -0.00601. The standard InChI is InChI=1S/C14H12F2N2O2/c1-2-8-14(15,16)11-9-12(19)18(13(20)17-11)10-6-4-3-5-7-10/h2-7,9H,1,8H2,(H,17,20). The third-order valence-corrected chi connectivity index (χ3v) is 2.74. The Morgan fingerprint density at radius 2 is 1.90 bits per heavy atom.